The predicted octanol–water partition coefficient (Wildman–Crippen LogP) is 4.90. The Labute approximate surface area is 223 Å². The summed E-state index contributed by atoms with van der Waals surface area (Å²) < 4.78 is 21.2. The Balaban J connectivity index is 1.91. The maximum Gasteiger partial charge on any atom is 0.177 e. The number of methoxy groups -OCH3 is 4. The third-order valence-corrected chi connectivity index (χ3v) is 6.46. The van der Waals surface area contributed by atoms with Gasteiger partial charge in [-0.15, -0.1) is 0 Å². The molecule has 6 nitrogen and oxygen atoms in total. The van der Waals surface area contributed by atoms with Gasteiger partial charge in [0.2, 0.25) is 0 Å². The summed E-state index contributed by atoms with van der Waals surface area (Å²) in [4.78, 5) is 0. The second-order valence-corrected chi connectivity index (χ2v) is 8.58. The molecule has 194 valence electrons. The number of hydrogen-bond acceptors (Lipinski definition) is 6. The number of hydrogen-bond donors (Lipinski definition) is 2. The van der Waals surface area contributed by atoms with Crippen molar-refractivity contribution in [3.05, 3.63) is 119 Å². The van der Waals surface area contributed by atoms with Crippen molar-refractivity contribution >= 4 is 0 Å². The van der Waals surface area contributed by atoms with Crippen LogP contribution >= 0.6 is 0 Å². The van der Waals surface area contributed by atoms with Gasteiger partial charge in [0.15, 0.2) is 11.2 Å². The molecule has 0 saturated carbocycles. The highest BCUT2D eigenvalue weighted by Gasteiger charge is 2.34. The van der Waals surface area contributed by atoms with Gasteiger partial charge in [-0.3, -0.25) is 0 Å². The minimum Gasteiger partial charge on any atom is -0.497 e. The molecule has 4 aromatic carbocycles. The van der Waals surface area contributed by atoms with Gasteiger partial charge in [0.25, 0.3) is 0 Å². The van der Waals surface area contributed by atoms with E-state index in [1.54, 1.807) is 126 Å². The maximum absolute atomic E-state index is 12.1. The first kappa shape index (κ1) is 26.6. The van der Waals surface area contributed by atoms with Crippen LogP contribution < -0.4 is 18.9 Å². The molecule has 0 aliphatic rings. The third-order valence-electron chi connectivity index (χ3n) is 6.46. The van der Waals surface area contributed by atoms with Crippen LogP contribution in [0, 0.1) is 11.8 Å². The van der Waals surface area contributed by atoms with Crippen LogP contribution in [0.25, 0.3) is 0 Å². The lowest BCUT2D eigenvalue weighted by Crippen LogP contribution is -2.29. The Morgan fingerprint density at radius 2 is 0.579 bits per heavy atom. The molecule has 0 unspecified atom stereocenters. The summed E-state index contributed by atoms with van der Waals surface area (Å²) in [5, 5.41) is 24.2. The monoisotopic (exact) mass is 510 g/mol. The number of ether oxygens (including phenoxy) is 4. The SMILES string of the molecule is COc1ccc(C(O)(C#CC(O)(c2ccc(OC)cc2)c2ccc(OC)cc2)c2ccc(OC)cc2)cc1. The molecule has 0 aliphatic carbocycles. The fourth-order valence-corrected chi connectivity index (χ4v) is 4.13. The Morgan fingerprint density at radius 3 is 0.737 bits per heavy atom. The lowest BCUT2D eigenvalue weighted by Gasteiger charge is -2.27. The normalized spacial score (nSPS) is 11.2. The number of benzene rings is 4. The maximum atomic E-state index is 12.1. The van der Waals surface area contributed by atoms with Crippen molar-refractivity contribution in [3.63, 3.8) is 0 Å². The third kappa shape index (κ3) is 5.30. The van der Waals surface area contributed by atoms with E-state index in [2.05, 4.69) is 11.8 Å². The quantitative estimate of drug-likeness (QED) is 0.329. The highest BCUT2D eigenvalue weighted by atomic mass is 16.5. The molecule has 0 amide bonds. The molecular weight excluding hydrogens is 480 g/mol. The summed E-state index contributed by atoms with van der Waals surface area (Å²) in [6.07, 6.45) is 0. The van der Waals surface area contributed by atoms with E-state index in [1.807, 2.05) is 0 Å². The van der Waals surface area contributed by atoms with Gasteiger partial charge in [0.1, 0.15) is 23.0 Å². The minimum atomic E-state index is -1.76. The van der Waals surface area contributed by atoms with Crippen molar-refractivity contribution < 1.29 is 29.2 Å². The molecule has 2 N–H and O–H groups in total. The first-order valence-corrected chi connectivity index (χ1v) is 11.9. The van der Waals surface area contributed by atoms with Gasteiger partial charge in [-0.2, -0.15) is 0 Å². The summed E-state index contributed by atoms with van der Waals surface area (Å²) in [6.45, 7) is 0. The fraction of sp³-hybridized carbons (Fsp3) is 0.188. The molecular formula is C32H30O6. The van der Waals surface area contributed by atoms with E-state index in [9.17, 15) is 10.2 Å². The molecule has 0 bridgehead atoms. The van der Waals surface area contributed by atoms with Crippen molar-refractivity contribution in [2.24, 2.45) is 0 Å². The van der Waals surface area contributed by atoms with Crippen molar-refractivity contribution in [2.75, 3.05) is 28.4 Å². The van der Waals surface area contributed by atoms with Crippen LogP contribution in [-0.2, 0) is 11.2 Å². The molecule has 0 spiro atoms. The number of rotatable bonds is 8. The molecule has 0 heterocycles. The zero-order valence-corrected chi connectivity index (χ0v) is 21.8. The van der Waals surface area contributed by atoms with Crippen molar-refractivity contribution in [1.29, 1.82) is 0 Å². The molecule has 0 saturated heterocycles. The number of aliphatic hydroxyl groups is 2. The highest BCUT2D eigenvalue weighted by molar-refractivity contribution is 5.52. The molecule has 0 radical (unpaired) electrons. The van der Waals surface area contributed by atoms with E-state index in [0.717, 1.165) is 0 Å². The van der Waals surface area contributed by atoms with Gasteiger partial charge in [-0.1, -0.05) is 60.4 Å². The first-order valence-electron chi connectivity index (χ1n) is 11.9. The van der Waals surface area contributed by atoms with E-state index in [0.29, 0.717) is 45.3 Å². The van der Waals surface area contributed by atoms with E-state index in [4.69, 9.17) is 18.9 Å². The summed E-state index contributed by atoms with van der Waals surface area (Å²) in [5.74, 6) is 8.60. The zero-order valence-electron chi connectivity index (χ0n) is 21.8. The molecule has 0 fully saturated rings. The first-order chi connectivity index (χ1) is 18.4. The van der Waals surface area contributed by atoms with Crippen molar-refractivity contribution in [2.45, 2.75) is 11.2 Å². The second kappa shape index (κ2) is 11.3. The Morgan fingerprint density at radius 1 is 0.395 bits per heavy atom. The van der Waals surface area contributed by atoms with Crippen LogP contribution in [0.2, 0.25) is 0 Å². The Bertz CT molecular complexity index is 1190. The van der Waals surface area contributed by atoms with Crippen LogP contribution in [-0.4, -0.2) is 38.7 Å². The van der Waals surface area contributed by atoms with Crippen LogP contribution in [0.3, 0.4) is 0 Å². The van der Waals surface area contributed by atoms with Crippen LogP contribution in [0.15, 0.2) is 97.1 Å². The van der Waals surface area contributed by atoms with E-state index < -0.39 is 11.2 Å². The second-order valence-electron chi connectivity index (χ2n) is 8.58. The largest absolute Gasteiger partial charge is 0.497 e. The van der Waals surface area contributed by atoms with Gasteiger partial charge in [0.05, 0.1) is 28.4 Å². The van der Waals surface area contributed by atoms with Gasteiger partial charge in [0, 0.05) is 22.3 Å². The predicted molar refractivity (Wildman–Crippen MR) is 146 cm³/mol. The van der Waals surface area contributed by atoms with Crippen LogP contribution in [0.4, 0.5) is 0 Å². The molecule has 38 heavy (non-hydrogen) atoms. The Kier molecular flexibility index (Phi) is 7.92. The van der Waals surface area contributed by atoms with E-state index in [1.165, 1.54) is 0 Å². The van der Waals surface area contributed by atoms with Gasteiger partial charge >= 0.3 is 0 Å². The lowest BCUT2D eigenvalue weighted by molar-refractivity contribution is 0.133. The smallest absolute Gasteiger partial charge is 0.177 e. The Hall–Kier alpha value is -4.44. The standard InChI is InChI=1S/C32H30O6/c1-35-27-13-5-23(6-14-27)31(33,24-7-15-28(36-2)16-8-24)21-22-32(34,25-9-17-29(37-3)18-10-25)26-11-19-30(38-4)20-12-26/h5-20,33-34H,1-4H3. The average Bonchev–Trinajstić information content (AvgIpc) is 2.99. The molecule has 0 aromatic heterocycles. The van der Waals surface area contributed by atoms with Crippen LogP contribution in [0.1, 0.15) is 22.3 Å². The van der Waals surface area contributed by atoms with Crippen molar-refractivity contribution in [3.8, 4) is 34.8 Å². The van der Waals surface area contributed by atoms with Gasteiger partial charge in [-0.25, -0.2) is 0 Å². The summed E-state index contributed by atoms with van der Waals surface area (Å²) >= 11 is 0. The van der Waals surface area contributed by atoms with Crippen LogP contribution in [0.5, 0.6) is 23.0 Å². The topological polar surface area (TPSA) is 77.4 Å². The average molecular weight is 511 g/mol. The van der Waals surface area contributed by atoms with Gasteiger partial charge in [-0.05, 0) is 48.5 Å². The van der Waals surface area contributed by atoms with Gasteiger partial charge < -0.3 is 29.2 Å². The molecule has 0 atom stereocenters. The van der Waals surface area contributed by atoms with Crippen molar-refractivity contribution in [1.82, 2.24) is 0 Å². The molecule has 0 aliphatic heterocycles. The highest BCUT2D eigenvalue weighted by Crippen LogP contribution is 2.35. The van der Waals surface area contributed by atoms with E-state index in [-0.39, 0.29) is 0 Å². The summed E-state index contributed by atoms with van der Waals surface area (Å²) in [5.41, 5.74) is -1.45. The molecule has 6 heteroatoms. The van der Waals surface area contributed by atoms with E-state index >= 15 is 0 Å². The molecule has 4 aromatic rings. The zero-order chi connectivity index (χ0) is 27.2. The lowest BCUT2D eigenvalue weighted by atomic mass is 9.83. The summed E-state index contributed by atoms with van der Waals surface area (Å²) in [7, 11) is 6.31. The summed E-state index contributed by atoms with van der Waals surface area (Å²) in [6, 6.07) is 28.0. The minimum absolute atomic E-state index is 0.516. The fourth-order valence-electron chi connectivity index (χ4n) is 4.13. The molecule has 4 rings (SSSR count).